The highest BCUT2D eigenvalue weighted by molar-refractivity contribution is 14.0. The second kappa shape index (κ2) is 13.3. The molecule has 0 radical (unpaired) electrons. The lowest BCUT2D eigenvalue weighted by molar-refractivity contribution is 0.180. The molecule has 2 N–H and O–H groups in total. The minimum absolute atomic E-state index is 0. The number of likely N-dealkylation sites (N-methyl/N-ethyl adjacent to an activating group) is 1. The molecule has 2 rings (SSSR count). The molecule has 0 amide bonds. The first-order chi connectivity index (χ1) is 12.2. The van der Waals surface area contributed by atoms with E-state index in [9.17, 15) is 0 Å². The van der Waals surface area contributed by atoms with E-state index < -0.39 is 0 Å². The largest absolute Gasteiger partial charge is 0.385 e. The van der Waals surface area contributed by atoms with Crippen LogP contribution in [0.3, 0.4) is 0 Å². The van der Waals surface area contributed by atoms with Crippen molar-refractivity contribution in [2.45, 2.75) is 45.2 Å². The van der Waals surface area contributed by atoms with Crippen LogP contribution in [0.4, 0.5) is 0 Å². The predicted molar refractivity (Wildman–Crippen MR) is 115 cm³/mol. The average Bonchev–Trinajstić information content (AvgIpc) is 2.85. The van der Waals surface area contributed by atoms with E-state index in [0.717, 1.165) is 63.2 Å². The van der Waals surface area contributed by atoms with Crippen molar-refractivity contribution in [2.24, 2.45) is 4.99 Å². The van der Waals surface area contributed by atoms with Crippen molar-refractivity contribution in [3.05, 3.63) is 11.6 Å². The monoisotopic (exact) mass is 479 g/mol. The third-order valence-electron chi connectivity index (χ3n) is 4.50. The molecule has 1 aliphatic rings. The molecule has 9 heteroatoms. The zero-order chi connectivity index (χ0) is 17.9. The molecule has 1 aromatic rings. The predicted octanol–water partition coefficient (Wildman–Crippen LogP) is 1.26. The number of halogens is 1. The van der Waals surface area contributed by atoms with Crippen LogP contribution in [0.15, 0.2) is 4.99 Å². The Morgan fingerprint density at radius 1 is 1.23 bits per heavy atom. The van der Waals surface area contributed by atoms with Crippen molar-refractivity contribution in [1.82, 2.24) is 30.3 Å². The van der Waals surface area contributed by atoms with Crippen LogP contribution in [0.25, 0.3) is 0 Å². The summed E-state index contributed by atoms with van der Waals surface area (Å²) >= 11 is 0. The number of methoxy groups -OCH3 is 1. The minimum atomic E-state index is 0. The van der Waals surface area contributed by atoms with Gasteiger partial charge in [-0.3, -0.25) is 4.99 Å². The Morgan fingerprint density at radius 3 is 2.85 bits per heavy atom. The van der Waals surface area contributed by atoms with E-state index in [4.69, 9.17) is 4.74 Å². The normalized spacial score (nSPS) is 14.5. The maximum atomic E-state index is 5.08. The van der Waals surface area contributed by atoms with Crippen LogP contribution in [0, 0.1) is 0 Å². The van der Waals surface area contributed by atoms with Crippen molar-refractivity contribution in [1.29, 1.82) is 0 Å². The molecule has 0 aliphatic carbocycles. The highest BCUT2D eigenvalue weighted by Crippen LogP contribution is 2.14. The average molecular weight is 479 g/mol. The SMILES string of the molecule is CN=C(NCCN(C)CCCOC)NCc1nnc2n1CCCCC2.I. The number of ether oxygens (including phenoxy) is 1. The summed E-state index contributed by atoms with van der Waals surface area (Å²) in [5, 5.41) is 15.4. The Hall–Kier alpha value is -0.940. The topological polar surface area (TPSA) is 79.6 Å². The number of aromatic nitrogens is 3. The van der Waals surface area contributed by atoms with Crippen molar-refractivity contribution in [3.8, 4) is 0 Å². The van der Waals surface area contributed by atoms with Gasteiger partial charge in [0.25, 0.3) is 0 Å². The summed E-state index contributed by atoms with van der Waals surface area (Å²) in [6.45, 7) is 5.33. The van der Waals surface area contributed by atoms with Gasteiger partial charge in [0.05, 0.1) is 6.54 Å². The maximum Gasteiger partial charge on any atom is 0.191 e. The van der Waals surface area contributed by atoms with Crippen molar-refractivity contribution in [3.63, 3.8) is 0 Å². The van der Waals surface area contributed by atoms with E-state index in [1.54, 1.807) is 14.2 Å². The van der Waals surface area contributed by atoms with Crippen LogP contribution in [0.2, 0.25) is 0 Å². The molecule has 1 aliphatic heterocycles. The number of hydrogen-bond donors (Lipinski definition) is 2. The molecule has 0 bridgehead atoms. The van der Waals surface area contributed by atoms with E-state index in [0.29, 0.717) is 6.54 Å². The van der Waals surface area contributed by atoms with Crippen LogP contribution >= 0.6 is 24.0 Å². The third kappa shape index (κ3) is 7.75. The molecule has 2 heterocycles. The number of nitrogens with zero attached hydrogens (tertiary/aromatic N) is 5. The fourth-order valence-corrected chi connectivity index (χ4v) is 3.02. The van der Waals surface area contributed by atoms with Crippen LogP contribution < -0.4 is 10.6 Å². The van der Waals surface area contributed by atoms with E-state index >= 15 is 0 Å². The molecular weight excluding hydrogens is 445 g/mol. The summed E-state index contributed by atoms with van der Waals surface area (Å²) in [5.41, 5.74) is 0. The highest BCUT2D eigenvalue weighted by Gasteiger charge is 2.14. The second-order valence-corrected chi connectivity index (χ2v) is 6.50. The Labute approximate surface area is 174 Å². The highest BCUT2D eigenvalue weighted by atomic mass is 127. The second-order valence-electron chi connectivity index (χ2n) is 6.50. The fourth-order valence-electron chi connectivity index (χ4n) is 3.02. The summed E-state index contributed by atoms with van der Waals surface area (Å²) < 4.78 is 7.34. The van der Waals surface area contributed by atoms with Crippen LogP contribution in [-0.2, 0) is 24.2 Å². The Morgan fingerprint density at radius 2 is 2.08 bits per heavy atom. The fraction of sp³-hybridized carbons (Fsp3) is 0.824. The lowest BCUT2D eigenvalue weighted by atomic mass is 10.2. The molecule has 0 fully saturated rings. The van der Waals surface area contributed by atoms with Crippen molar-refractivity contribution >= 4 is 29.9 Å². The van der Waals surface area contributed by atoms with E-state index in [-0.39, 0.29) is 24.0 Å². The van der Waals surface area contributed by atoms with Gasteiger partial charge in [0.15, 0.2) is 11.8 Å². The lowest BCUT2D eigenvalue weighted by Crippen LogP contribution is -2.41. The molecule has 0 saturated carbocycles. The van der Waals surface area contributed by atoms with Crippen molar-refractivity contribution < 1.29 is 4.74 Å². The molecule has 0 aromatic carbocycles. The van der Waals surface area contributed by atoms with Gasteiger partial charge in [-0.15, -0.1) is 34.2 Å². The van der Waals surface area contributed by atoms with Gasteiger partial charge < -0.3 is 24.8 Å². The molecule has 0 unspecified atom stereocenters. The standard InChI is InChI=1S/C17H33N7O.HI/c1-18-17(19-9-12-23(2)10-7-13-25-3)20-14-16-22-21-15-8-5-4-6-11-24(15)16;/h4-14H2,1-3H3,(H2,18,19,20);1H. The number of fused-ring (bicyclic) bond motifs is 1. The third-order valence-corrected chi connectivity index (χ3v) is 4.50. The lowest BCUT2D eigenvalue weighted by Gasteiger charge is -2.18. The molecule has 0 atom stereocenters. The zero-order valence-corrected chi connectivity index (χ0v) is 18.7. The molecule has 150 valence electrons. The van der Waals surface area contributed by atoms with Crippen LogP contribution in [-0.4, -0.2) is 73.1 Å². The first kappa shape index (κ1) is 23.1. The van der Waals surface area contributed by atoms with Crippen LogP contribution in [0.5, 0.6) is 0 Å². The zero-order valence-electron chi connectivity index (χ0n) is 16.3. The number of guanidine groups is 1. The van der Waals surface area contributed by atoms with Gasteiger partial charge in [0.2, 0.25) is 0 Å². The van der Waals surface area contributed by atoms with Gasteiger partial charge in [-0.2, -0.15) is 0 Å². The quantitative estimate of drug-likeness (QED) is 0.240. The smallest absolute Gasteiger partial charge is 0.191 e. The summed E-state index contributed by atoms with van der Waals surface area (Å²) in [5.74, 6) is 2.92. The van der Waals surface area contributed by atoms with E-state index in [1.165, 1.54) is 19.3 Å². The van der Waals surface area contributed by atoms with Gasteiger partial charge in [-0.1, -0.05) is 6.42 Å². The number of nitrogens with one attached hydrogen (secondary N) is 2. The molecule has 0 saturated heterocycles. The molecular formula is C17H34IN7O. The van der Waals surface area contributed by atoms with E-state index in [2.05, 4.69) is 42.3 Å². The minimum Gasteiger partial charge on any atom is -0.385 e. The molecule has 26 heavy (non-hydrogen) atoms. The summed E-state index contributed by atoms with van der Waals surface area (Å²) in [4.78, 5) is 6.58. The molecule has 1 aromatic heterocycles. The van der Waals surface area contributed by atoms with Crippen LogP contribution in [0.1, 0.15) is 37.3 Å². The molecule has 0 spiro atoms. The summed E-state index contributed by atoms with van der Waals surface area (Å²) in [7, 11) is 5.66. The summed E-state index contributed by atoms with van der Waals surface area (Å²) in [6, 6.07) is 0. The van der Waals surface area contributed by atoms with Gasteiger partial charge in [0, 0.05) is 53.4 Å². The van der Waals surface area contributed by atoms with Gasteiger partial charge in [-0.05, 0) is 26.3 Å². The van der Waals surface area contributed by atoms with E-state index in [1.807, 2.05) is 0 Å². The number of rotatable bonds is 9. The first-order valence-electron chi connectivity index (χ1n) is 9.27. The van der Waals surface area contributed by atoms with Gasteiger partial charge >= 0.3 is 0 Å². The number of aliphatic imine (C=N–C) groups is 1. The first-order valence-corrected chi connectivity index (χ1v) is 9.27. The van der Waals surface area contributed by atoms with Gasteiger partial charge in [-0.25, -0.2) is 0 Å². The Kier molecular flexibility index (Phi) is 11.8. The maximum absolute atomic E-state index is 5.08. The Bertz CT molecular complexity index is 535. The number of hydrogen-bond acceptors (Lipinski definition) is 5. The Balaban J connectivity index is 0.00000338. The summed E-state index contributed by atoms with van der Waals surface area (Å²) in [6.07, 6.45) is 5.79. The van der Waals surface area contributed by atoms with Gasteiger partial charge in [0.1, 0.15) is 5.82 Å². The van der Waals surface area contributed by atoms with Crippen molar-refractivity contribution in [2.75, 3.05) is 47.4 Å². The number of aryl methyl sites for hydroxylation is 1. The molecule has 8 nitrogen and oxygen atoms in total.